The normalized spacial score (nSPS) is 20.9. The molecule has 0 saturated carbocycles. The van der Waals surface area contributed by atoms with Gasteiger partial charge in [0.05, 0.1) is 17.9 Å². The standard InChI is InChI=1S/C34H40N6O2/c1-5-31(41)40-18-17-39(20-24(40)3)33-27-14-16-38(30-13-7-11-25-10-6-9-23(2)32(25)30)21-29(27)36-34(28(33)19-35)42-22-26-12-8-15-37(26)4/h5-7,9-11,13,24,26H,1,8,12,14-18,20-22H2,2-4H3/t24-,26+/m1/s1. The molecule has 2 atom stereocenters. The number of ether oxygens (including phenoxy) is 1. The van der Waals surface area contributed by atoms with E-state index in [1.165, 1.54) is 28.1 Å². The summed E-state index contributed by atoms with van der Waals surface area (Å²) in [4.78, 5) is 26.4. The molecule has 3 aliphatic rings. The number of aromatic nitrogens is 1. The first-order chi connectivity index (χ1) is 20.4. The maximum atomic E-state index is 12.5. The zero-order valence-corrected chi connectivity index (χ0v) is 25.0. The summed E-state index contributed by atoms with van der Waals surface area (Å²) in [6, 6.07) is 15.7. The summed E-state index contributed by atoms with van der Waals surface area (Å²) >= 11 is 0. The highest BCUT2D eigenvalue weighted by atomic mass is 16.5. The van der Waals surface area contributed by atoms with Crippen LogP contribution in [0.3, 0.4) is 0 Å². The molecular weight excluding hydrogens is 524 g/mol. The van der Waals surface area contributed by atoms with E-state index in [4.69, 9.17) is 9.72 Å². The van der Waals surface area contributed by atoms with Crippen LogP contribution in [0.4, 0.5) is 11.4 Å². The van der Waals surface area contributed by atoms with Crippen molar-refractivity contribution in [3.05, 3.63) is 71.4 Å². The molecule has 6 rings (SSSR count). The number of rotatable bonds is 6. The highest BCUT2D eigenvalue weighted by Gasteiger charge is 2.34. The maximum Gasteiger partial charge on any atom is 0.246 e. The third-order valence-corrected chi connectivity index (χ3v) is 9.32. The number of carbonyl (C=O) groups excluding carboxylic acids is 1. The van der Waals surface area contributed by atoms with E-state index >= 15 is 0 Å². The molecule has 4 heterocycles. The van der Waals surface area contributed by atoms with E-state index in [0.717, 1.165) is 49.3 Å². The Kier molecular flexibility index (Phi) is 7.78. The van der Waals surface area contributed by atoms with Gasteiger partial charge in [-0.05, 0) is 69.8 Å². The summed E-state index contributed by atoms with van der Waals surface area (Å²) in [6.07, 6.45) is 4.40. The minimum absolute atomic E-state index is 0.00476. The van der Waals surface area contributed by atoms with Crippen LogP contribution in [0.2, 0.25) is 0 Å². The number of hydrogen-bond acceptors (Lipinski definition) is 7. The van der Waals surface area contributed by atoms with Crippen molar-refractivity contribution in [1.82, 2.24) is 14.8 Å². The molecule has 2 saturated heterocycles. The summed E-state index contributed by atoms with van der Waals surface area (Å²) in [6.45, 7) is 12.8. The number of likely N-dealkylation sites (N-methyl/N-ethyl adjacent to an activating group) is 1. The van der Waals surface area contributed by atoms with E-state index in [1.54, 1.807) is 0 Å². The number of fused-ring (bicyclic) bond motifs is 2. The van der Waals surface area contributed by atoms with Gasteiger partial charge in [0.15, 0.2) is 0 Å². The van der Waals surface area contributed by atoms with Crippen LogP contribution in [0.1, 0.15) is 42.1 Å². The van der Waals surface area contributed by atoms with Crippen molar-refractivity contribution in [2.75, 3.05) is 56.2 Å². The van der Waals surface area contributed by atoms with Crippen LogP contribution in [0, 0.1) is 18.3 Å². The zero-order valence-electron chi connectivity index (χ0n) is 25.0. The van der Waals surface area contributed by atoms with Gasteiger partial charge < -0.3 is 24.3 Å². The Balaban J connectivity index is 1.39. The largest absolute Gasteiger partial charge is 0.475 e. The third-order valence-electron chi connectivity index (χ3n) is 9.32. The SMILES string of the molecule is C=CC(=O)N1CCN(c2c(C#N)c(OC[C@@H]3CCCN3C)nc3c2CCN(c2cccc4cccc(C)c24)C3)C[C@H]1C. The lowest BCUT2D eigenvalue weighted by Gasteiger charge is -2.42. The Morgan fingerprint density at radius 3 is 2.69 bits per heavy atom. The molecule has 8 nitrogen and oxygen atoms in total. The summed E-state index contributed by atoms with van der Waals surface area (Å²) in [5.74, 6) is 0.380. The molecule has 2 fully saturated rings. The van der Waals surface area contributed by atoms with Crippen molar-refractivity contribution in [2.24, 2.45) is 0 Å². The lowest BCUT2D eigenvalue weighted by Crippen LogP contribution is -2.54. The fourth-order valence-electron chi connectivity index (χ4n) is 7.03. The smallest absolute Gasteiger partial charge is 0.246 e. The van der Waals surface area contributed by atoms with Crippen molar-refractivity contribution < 1.29 is 9.53 Å². The van der Waals surface area contributed by atoms with E-state index in [0.29, 0.717) is 50.3 Å². The minimum atomic E-state index is -0.0508. The Hall–Kier alpha value is -4.09. The van der Waals surface area contributed by atoms with E-state index < -0.39 is 0 Å². The van der Waals surface area contributed by atoms with Crippen LogP contribution < -0.4 is 14.5 Å². The Bertz CT molecular complexity index is 1560. The van der Waals surface area contributed by atoms with Crippen molar-refractivity contribution >= 4 is 28.1 Å². The predicted octanol–water partition coefficient (Wildman–Crippen LogP) is 4.67. The molecule has 3 aliphatic heterocycles. The average Bonchev–Trinajstić information content (AvgIpc) is 3.42. The quantitative estimate of drug-likeness (QED) is 0.403. The number of anilines is 2. The first-order valence-corrected chi connectivity index (χ1v) is 15.1. The molecule has 2 aromatic carbocycles. The summed E-state index contributed by atoms with van der Waals surface area (Å²) in [5, 5.41) is 13.0. The number of piperazine rings is 1. The van der Waals surface area contributed by atoms with Gasteiger partial charge >= 0.3 is 0 Å². The monoisotopic (exact) mass is 564 g/mol. The van der Waals surface area contributed by atoms with Gasteiger partial charge in [0.1, 0.15) is 18.2 Å². The highest BCUT2D eigenvalue weighted by molar-refractivity contribution is 5.97. The fourth-order valence-corrected chi connectivity index (χ4v) is 7.03. The molecule has 0 spiro atoms. The van der Waals surface area contributed by atoms with Gasteiger partial charge in [-0.15, -0.1) is 0 Å². The third kappa shape index (κ3) is 5.07. The first kappa shape index (κ1) is 28.0. The van der Waals surface area contributed by atoms with Gasteiger partial charge in [-0.25, -0.2) is 4.98 Å². The maximum absolute atomic E-state index is 12.5. The number of hydrogen-bond donors (Lipinski definition) is 0. The minimum Gasteiger partial charge on any atom is -0.475 e. The second-order valence-corrected chi connectivity index (χ2v) is 11.9. The van der Waals surface area contributed by atoms with Crippen LogP contribution in [0.25, 0.3) is 10.8 Å². The van der Waals surface area contributed by atoms with Crippen molar-refractivity contribution in [3.63, 3.8) is 0 Å². The Morgan fingerprint density at radius 2 is 1.98 bits per heavy atom. The van der Waals surface area contributed by atoms with E-state index in [2.05, 4.69) is 84.6 Å². The van der Waals surface area contributed by atoms with Gasteiger partial charge in [0, 0.05) is 54.9 Å². The molecule has 42 heavy (non-hydrogen) atoms. The highest BCUT2D eigenvalue weighted by Crippen LogP contribution is 2.40. The number of nitriles is 1. The van der Waals surface area contributed by atoms with Crippen molar-refractivity contribution in [3.8, 4) is 11.9 Å². The molecule has 218 valence electrons. The number of amides is 1. The number of aryl methyl sites for hydroxylation is 1. The van der Waals surface area contributed by atoms with E-state index in [1.807, 2.05) is 4.90 Å². The van der Waals surface area contributed by atoms with E-state index in [-0.39, 0.29) is 11.9 Å². The zero-order chi connectivity index (χ0) is 29.4. The van der Waals surface area contributed by atoms with Gasteiger partial charge in [-0.1, -0.05) is 36.9 Å². The number of benzene rings is 2. The molecule has 0 bridgehead atoms. The molecule has 0 radical (unpaired) electrons. The molecule has 0 aliphatic carbocycles. The topological polar surface area (TPSA) is 75.9 Å². The average molecular weight is 565 g/mol. The Morgan fingerprint density at radius 1 is 1.17 bits per heavy atom. The summed E-state index contributed by atoms with van der Waals surface area (Å²) < 4.78 is 6.42. The summed E-state index contributed by atoms with van der Waals surface area (Å²) in [7, 11) is 2.13. The van der Waals surface area contributed by atoms with Gasteiger partial charge in [0.25, 0.3) is 0 Å². The van der Waals surface area contributed by atoms with Crippen LogP contribution in [-0.2, 0) is 17.8 Å². The van der Waals surface area contributed by atoms with Crippen LogP contribution in [0.5, 0.6) is 5.88 Å². The van der Waals surface area contributed by atoms with Crippen molar-refractivity contribution in [1.29, 1.82) is 5.26 Å². The van der Waals surface area contributed by atoms with Crippen LogP contribution in [0.15, 0.2) is 49.1 Å². The van der Waals surface area contributed by atoms with E-state index in [9.17, 15) is 10.1 Å². The molecule has 1 amide bonds. The summed E-state index contributed by atoms with van der Waals surface area (Å²) in [5.41, 5.74) is 6.01. The molecule has 0 N–H and O–H groups in total. The van der Waals surface area contributed by atoms with Gasteiger partial charge in [0.2, 0.25) is 11.8 Å². The molecule has 3 aromatic rings. The molecule has 0 unspecified atom stereocenters. The fraction of sp³-hybridized carbons (Fsp3) is 0.441. The molecule has 1 aromatic heterocycles. The lowest BCUT2D eigenvalue weighted by molar-refractivity contribution is -0.128. The first-order valence-electron chi connectivity index (χ1n) is 15.1. The molecule has 8 heteroatoms. The van der Waals surface area contributed by atoms with Crippen LogP contribution >= 0.6 is 0 Å². The lowest BCUT2D eigenvalue weighted by atomic mass is 9.96. The molecular formula is C34H40N6O2. The number of pyridine rings is 1. The number of carbonyl (C=O) groups is 1. The van der Waals surface area contributed by atoms with Gasteiger partial charge in [-0.3, -0.25) is 4.79 Å². The van der Waals surface area contributed by atoms with Crippen LogP contribution in [-0.4, -0.2) is 79.2 Å². The number of nitrogens with zero attached hydrogens (tertiary/aromatic N) is 6. The predicted molar refractivity (Wildman–Crippen MR) is 167 cm³/mol. The number of likely N-dealkylation sites (tertiary alicyclic amines) is 1. The Labute approximate surface area is 248 Å². The second kappa shape index (κ2) is 11.7. The second-order valence-electron chi connectivity index (χ2n) is 11.9. The van der Waals surface area contributed by atoms with Crippen molar-refractivity contribution in [2.45, 2.75) is 51.7 Å². The van der Waals surface area contributed by atoms with Gasteiger partial charge in [-0.2, -0.15) is 5.26 Å².